The molecule has 0 N–H and O–H groups in total. The van der Waals surface area contributed by atoms with Crippen LogP contribution in [0.3, 0.4) is 0 Å². The van der Waals surface area contributed by atoms with Gasteiger partial charge in [-0.3, -0.25) is 0 Å². The van der Waals surface area contributed by atoms with Crippen LogP contribution >= 0.6 is 0 Å². The Hall–Kier alpha value is -2.58. The predicted molar refractivity (Wildman–Crippen MR) is 182 cm³/mol. The lowest BCUT2D eigenvalue weighted by Crippen LogP contribution is -2.33. The van der Waals surface area contributed by atoms with Crippen molar-refractivity contribution in [3.05, 3.63) is 101 Å². The molecule has 0 bridgehead atoms. The summed E-state index contributed by atoms with van der Waals surface area (Å²) in [4.78, 5) is 2.74. The van der Waals surface area contributed by atoms with Gasteiger partial charge in [-0.1, -0.05) is 118 Å². The fraction of sp³-hybridized carbons (Fsp3) is 0.561. The molecule has 1 saturated carbocycles. The minimum Gasteiger partial charge on any atom is -0.376 e. The summed E-state index contributed by atoms with van der Waals surface area (Å²) < 4.78 is 5.93. The van der Waals surface area contributed by atoms with Crippen LogP contribution in [0.5, 0.6) is 0 Å². The highest BCUT2D eigenvalue weighted by Gasteiger charge is 2.56. The van der Waals surface area contributed by atoms with Gasteiger partial charge >= 0.3 is 0 Å². The summed E-state index contributed by atoms with van der Waals surface area (Å²) in [5.41, 5.74) is 9.25. The third-order valence-corrected chi connectivity index (χ3v) is 11.2. The number of nitrogens with zero attached hydrogens (tertiary/aromatic N) is 1. The molecule has 3 aromatic carbocycles. The second-order valence-electron chi connectivity index (χ2n) is 15.6. The fourth-order valence-corrected chi connectivity index (χ4v) is 9.06. The Bertz CT molecular complexity index is 1370. The topological polar surface area (TPSA) is 12.5 Å². The largest absolute Gasteiger partial charge is 0.376 e. The van der Waals surface area contributed by atoms with Crippen molar-refractivity contribution in [3.8, 4) is 0 Å². The van der Waals surface area contributed by atoms with Gasteiger partial charge in [0.25, 0.3) is 0 Å². The second-order valence-corrected chi connectivity index (χ2v) is 15.6. The van der Waals surface area contributed by atoms with Crippen LogP contribution in [0.2, 0.25) is 0 Å². The van der Waals surface area contributed by atoms with E-state index in [-0.39, 0.29) is 11.0 Å². The van der Waals surface area contributed by atoms with Crippen LogP contribution < -0.4 is 4.90 Å². The van der Waals surface area contributed by atoms with Gasteiger partial charge in [-0.2, -0.15) is 0 Å². The molecule has 0 aromatic heterocycles. The molecule has 1 heterocycles. The molecule has 1 aliphatic heterocycles. The first-order valence-corrected chi connectivity index (χ1v) is 17.3. The van der Waals surface area contributed by atoms with E-state index in [1.165, 1.54) is 68.2 Å². The molecule has 6 rings (SSSR count). The molecule has 5 unspecified atom stereocenters. The molecule has 0 saturated heterocycles. The molecular weight excluding hydrogens is 522 g/mol. The van der Waals surface area contributed by atoms with E-state index < -0.39 is 0 Å². The quantitative estimate of drug-likeness (QED) is 0.210. The summed E-state index contributed by atoms with van der Waals surface area (Å²) in [7, 11) is 0. The monoisotopic (exact) mass is 577 g/mol. The van der Waals surface area contributed by atoms with Gasteiger partial charge in [0.05, 0.1) is 11.6 Å². The van der Waals surface area contributed by atoms with E-state index in [0.29, 0.717) is 17.9 Å². The number of aryl methyl sites for hydroxylation is 1. The summed E-state index contributed by atoms with van der Waals surface area (Å²) in [5, 5.41) is 0. The molecular formula is C41H55NO. The predicted octanol–water partition coefficient (Wildman–Crippen LogP) is 11.1. The molecule has 3 aromatic rings. The van der Waals surface area contributed by atoms with Crippen LogP contribution in [0.25, 0.3) is 0 Å². The van der Waals surface area contributed by atoms with E-state index in [1.807, 2.05) is 0 Å². The highest BCUT2D eigenvalue weighted by molar-refractivity contribution is 5.69. The molecule has 2 aliphatic carbocycles. The third-order valence-electron chi connectivity index (χ3n) is 11.2. The number of unbranched alkanes of at least 4 members (excludes halogenated alkanes) is 3. The zero-order chi connectivity index (χ0) is 30.2. The molecule has 0 spiro atoms. The van der Waals surface area contributed by atoms with Gasteiger partial charge in [0, 0.05) is 24.8 Å². The highest BCUT2D eigenvalue weighted by Crippen LogP contribution is 2.67. The van der Waals surface area contributed by atoms with Crippen molar-refractivity contribution in [1.82, 2.24) is 0 Å². The van der Waals surface area contributed by atoms with Crippen LogP contribution in [0.4, 0.5) is 5.69 Å². The first-order chi connectivity index (χ1) is 20.6. The molecule has 5 atom stereocenters. The molecule has 3 aliphatic rings. The van der Waals surface area contributed by atoms with Crippen LogP contribution in [-0.4, -0.2) is 12.2 Å². The van der Waals surface area contributed by atoms with Gasteiger partial charge < -0.3 is 9.64 Å². The molecule has 0 amide bonds. The Morgan fingerprint density at radius 1 is 0.767 bits per heavy atom. The van der Waals surface area contributed by atoms with E-state index in [2.05, 4.69) is 119 Å². The van der Waals surface area contributed by atoms with Crippen LogP contribution in [0, 0.1) is 24.2 Å². The molecule has 0 radical (unpaired) electrons. The average Bonchev–Trinajstić information content (AvgIpc) is 3.66. The lowest BCUT2D eigenvalue weighted by molar-refractivity contribution is -0.00476. The molecule has 2 nitrogen and oxygen atoms in total. The minimum absolute atomic E-state index is 0.00883. The highest BCUT2D eigenvalue weighted by atomic mass is 16.5. The summed E-state index contributed by atoms with van der Waals surface area (Å²) in [6.45, 7) is 15.9. The third kappa shape index (κ3) is 6.32. The number of hydrogen-bond acceptors (Lipinski definition) is 2. The summed E-state index contributed by atoms with van der Waals surface area (Å²) in [6.07, 6.45) is 10.9. The number of rotatable bonds is 11. The van der Waals surface area contributed by atoms with Crippen molar-refractivity contribution in [1.29, 1.82) is 0 Å². The number of ether oxygens (including phenoxy) is 1. The van der Waals surface area contributed by atoms with E-state index in [4.69, 9.17) is 4.74 Å². The van der Waals surface area contributed by atoms with Gasteiger partial charge in [0.15, 0.2) is 0 Å². The SMILES string of the molecule is Cc1ccc2c(c1)C1C(c3ccccc3C1C(C)(C)C1CCC(CCCCCCOC(C)(C)C)C1)N2Cc1ccccc1. The van der Waals surface area contributed by atoms with Crippen LogP contribution in [-0.2, 0) is 11.3 Å². The Labute approximate surface area is 262 Å². The Balaban J connectivity index is 1.19. The first kappa shape index (κ1) is 30.4. The van der Waals surface area contributed by atoms with Crippen molar-refractivity contribution >= 4 is 5.69 Å². The summed E-state index contributed by atoms with van der Waals surface area (Å²) in [6, 6.07) is 28.3. The van der Waals surface area contributed by atoms with Gasteiger partial charge in [0.1, 0.15) is 0 Å². The number of fused-ring (bicyclic) bond motifs is 5. The fourth-order valence-electron chi connectivity index (χ4n) is 9.06. The number of anilines is 1. The van der Waals surface area contributed by atoms with Gasteiger partial charge in [0.2, 0.25) is 0 Å². The van der Waals surface area contributed by atoms with Crippen LogP contribution in [0.1, 0.15) is 132 Å². The van der Waals surface area contributed by atoms with Crippen molar-refractivity contribution < 1.29 is 4.74 Å². The van der Waals surface area contributed by atoms with E-state index in [1.54, 1.807) is 16.7 Å². The van der Waals surface area contributed by atoms with Crippen molar-refractivity contribution in [2.45, 2.75) is 123 Å². The van der Waals surface area contributed by atoms with Crippen molar-refractivity contribution in [2.24, 2.45) is 17.3 Å². The maximum atomic E-state index is 5.93. The molecule has 1 fully saturated rings. The van der Waals surface area contributed by atoms with Crippen LogP contribution in [0.15, 0.2) is 72.8 Å². The van der Waals surface area contributed by atoms with Gasteiger partial charge in [-0.05, 0) is 98.4 Å². The normalized spacial score (nSPS) is 24.7. The van der Waals surface area contributed by atoms with E-state index in [9.17, 15) is 0 Å². The van der Waals surface area contributed by atoms with Crippen molar-refractivity contribution in [3.63, 3.8) is 0 Å². The Morgan fingerprint density at radius 2 is 1.49 bits per heavy atom. The zero-order valence-electron chi connectivity index (χ0n) is 27.7. The zero-order valence-corrected chi connectivity index (χ0v) is 27.7. The van der Waals surface area contributed by atoms with Crippen molar-refractivity contribution in [2.75, 3.05) is 11.5 Å². The Morgan fingerprint density at radius 3 is 2.26 bits per heavy atom. The van der Waals surface area contributed by atoms with Gasteiger partial charge in [-0.25, -0.2) is 0 Å². The first-order valence-electron chi connectivity index (χ1n) is 17.3. The van der Waals surface area contributed by atoms with Gasteiger partial charge in [-0.15, -0.1) is 0 Å². The summed E-state index contributed by atoms with van der Waals surface area (Å²) >= 11 is 0. The second kappa shape index (κ2) is 12.4. The maximum Gasteiger partial charge on any atom is 0.0624 e. The molecule has 230 valence electrons. The number of hydrogen-bond donors (Lipinski definition) is 0. The Kier molecular flexibility index (Phi) is 8.80. The lowest BCUT2D eigenvalue weighted by Gasteiger charge is -2.41. The van der Waals surface area contributed by atoms with E-state index in [0.717, 1.165) is 25.0 Å². The smallest absolute Gasteiger partial charge is 0.0624 e. The molecule has 2 heteroatoms. The molecule has 43 heavy (non-hydrogen) atoms. The standard InChI is InChI=1S/C41H55NO/c1-29-21-24-36-35(26-29)37-38(33-19-13-14-20-34(33)39(37)42(36)28-31-17-11-9-12-18-31)41(5,6)32-23-22-30(27-32)16-10-7-8-15-25-43-40(2,3)4/h9,11-14,17-21,24,26,30,32,37-39H,7-8,10,15-16,22-23,25,27-28H2,1-6H3. The van der Waals surface area contributed by atoms with E-state index >= 15 is 0 Å². The summed E-state index contributed by atoms with van der Waals surface area (Å²) in [5.74, 6) is 2.74. The maximum absolute atomic E-state index is 5.93. The minimum atomic E-state index is -0.00883. The average molecular weight is 578 g/mol. The lowest BCUT2D eigenvalue weighted by atomic mass is 9.62. The number of benzene rings is 3.